The van der Waals surface area contributed by atoms with E-state index in [1.807, 2.05) is 51.1 Å². The van der Waals surface area contributed by atoms with Crippen molar-refractivity contribution in [1.82, 2.24) is 0 Å². The molecular weight excluding hydrogens is 188 g/mol. The van der Waals surface area contributed by atoms with Gasteiger partial charge in [-0.1, -0.05) is 44.2 Å². The minimum atomic E-state index is -0.155. The van der Waals surface area contributed by atoms with Crippen LogP contribution in [0.25, 0.3) is 0 Å². The number of hydrogen-bond donors (Lipinski definition) is 0. The van der Waals surface area contributed by atoms with E-state index in [-0.39, 0.29) is 12.1 Å². The molecule has 2 heteroatoms. The van der Waals surface area contributed by atoms with Gasteiger partial charge in [-0.3, -0.25) is 4.79 Å². The minimum absolute atomic E-state index is 0.124. The Morgan fingerprint density at radius 1 is 1.20 bits per heavy atom. The molecule has 1 atom stereocenters. The zero-order valence-electron chi connectivity index (χ0n) is 9.57. The Bertz CT molecular complexity index is 304. The zero-order valence-corrected chi connectivity index (χ0v) is 9.57. The van der Waals surface area contributed by atoms with Crippen LogP contribution in [0.1, 0.15) is 38.9 Å². The summed E-state index contributed by atoms with van der Waals surface area (Å²) < 4.78 is 5.31. The van der Waals surface area contributed by atoms with E-state index in [0.29, 0.717) is 12.3 Å². The van der Waals surface area contributed by atoms with Crippen molar-refractivity contribution in [2.75, 3.05) is 0 Å². The van der Waals surface area contributed by atoms with Crippen LogP contribution in [-0.4, -0.2) is 5.97 Å². The summed E-state index contributed by atoms with van der Waals surface area (Å²) in [6, 6.07) is 9.77. The van der Waals surface area contributed by atoms with E-state index in [1.54, 1.807) is 0 Å². The number of hydrogen-bond acceptors (Lipinski definition) is 2. The molecule has 0 aromatic heterocycles. The van der Waals surface area contributed by atoms with Crippen LogP contribution in [-0.2, 0) is 9.53 Å². The van der Waals surface area contributed by atoms with Crippen molar-refractivity contribution >= 4 is 5.97 Å². The van der Waals surface area contributed by atoms with Crippen molar-refractivity contribution in [2.24, 2.45) is 5.92 Å². The number of carbonyl (C=O) groups is 1. The molecule has 0 spiro atoms. The van der Waals surface area contributed by atoms with Gasteiger partial charge in [0.1, 0.15) is 6.10 Å². The zero-order chi connectivity index (χ0) is 11.3. The highest BCUT2D eigenvalue weighted by Crippen LogP contribution is 2.17. The lowest BCUT2D eigenvalue weighted by Gasteiger charge is -2.14. The molecule has 1 aromatic carbocycles. The highest BCUT2D eigenvalue weighted by Gasteiger charge is 2.12. The summed E-state index contributed by atoms with van der Waals surface area (Å²) in [7, 11) is 0. The Kier molecular flexibility index (Phi) is 4.35. The molecule has 0 heterocycles. The Labute approximate surface area is 91.3 Å². The lowest BCUT2D eigenvalue weighted by molar-refractivity contribution is -0.149. The first kappa shape index (κ1) is 11.8. The molecule has 0 aliphatic heterocycles. The fourth-order valence-electron chi connectivity index (χ4n) is 1.37. The second-order valence-electron chi connectivity index (χ2n) is 4.14. The van der Waals surface area contributed by atoms with E-state index in [1.165, 1.54) is 0 Å². The van der Waals surface area contributed by atoms with Crippen LogP contribution in [0.2, 0.25) is 0 Å². The van der Waals surface area contributed by atoms with Crippen LogP contribution in [0.5, 0.6) is 0 Å². The molecule has 1 aromatic rings. The van der Waals surface area contributed by atoms with Gasteiger partial charge in [0.25, 0.3) is 0 Å². The highest BCUT2D eigenvalue weighted by atomic mass is 16.5. The third kappa shape index (κ3) is 4.15. The van der Waals surface area contributed by atoms with E-state index in [4.69, 9.17) is 4.74 Å². The molecule has 0 saturated heterocycles. The number of rotatable bonds is 4. The molecule has 1 rings (SSSR count). The molecule has 0 bridgehead atoms. The Hall–Kier alpha value is -1.31. The average Bonchev–Trinajstić information content (AvgIpc) is 2.17. The maximum absolute atomic E-state index is 11.4. The molecule has 0 radical (unpaired) electrons. The van der Waals surface area contributed by atoms with E-state index < -0.39 is 0 Å². The first-order valence-electron chi connectivity index (χ1n) is 5.34. The molecule has 0 N–H and O–H groups in total. The second kappa shape index (κ2) is 5.54. The quantitative estimate of drug-likeness (QED) is 0.706. The van der Waals surface area contributed by atoms with Gasteiger partial charge in [-0.05, 0) is 18.4 Å². The van der Waals surface area contributed by atoms with Crippen molar-refractivity contribution in [3.63, 3.8) is 0 Å². The van der Waals surface area contributed by atoms with Crippen LogP contribution in [0.3, 0.4) is 0 Å². The van der Waals surface area contributed by atoms with Crippen molar-refractivity contribution in [1.29, 1.82) is 0 Å². The SMILES string of the molecule is CC(C)CC(=O)OC(C)c1ccccc1. The summed E-state index contributed by atoms with van der Waals surface area (Å²) in [4.78, 5) is 11.4. The molecule has 0 fully saturated rings. The van der Waals surface area contributed by atoms with Crippen LogP contribution in [0.4, 0.5) is 0 Å². The standard InChI is InChI=1S/C13H18O2/c1-10(2)9-13(14)15-11(3)12-7-5-4-6-8-12/h4-8,10-11H,9H2,1-3H3. The van der Waals surface area contributed by atoms with Crippen molar-refractivity contribution in [3.8, 4) is 0 Å². The lowest BCUT2D eigenvalue weighted by Crippen LogP contribution is -2.10. The summed E-state index contributed by atoms with van der Waals surface area (Å²) in [6.07, 6.45) is 0.328. The first-order chi connectivity index (χ1) is 7.09. The van der Waals surface area contributed by atoms with Crippen molar-refractivity contribution in [2.45, 2.75) is 33.3 Å². The lowest BCUT2D eigenvalue weighted by atomic mass is 10.1. The summed E-state index contributed by atoms with van der Waals surface area (Å²) in [5.41, 5.74) is 1.04. The van der Waals surface area contributed by atoms with Gasteiger partial charge in [0.05, 0.1) is 0 Å². The van der Waals surface area contributed by atoms with E-state index in [0.717, 1.165) is 5.56 Å². The van der Waals surface area contributed by atoms with E-state index in [9.17, 15) is 4.79 Å². The molecule has 15 heavy (non-hydrogen) atoms. The molecule has 0 aliphatic rings. The molecule has 0 amide bonds. The van der Waals surface area contributed by atoms with E-state index in [2.05, 4.69) is 0 Å². The van der Waals surface area contributed by atoms with Gasteiger partial charge < -0.3 is 4.74 Å². The molecular formula is C13H18O2. The summed E-state index contributed by atoms with van der Waals surface area (Å²) in [5.74, 6) is 0.224. The fraction of sp³-hybridized carbons (Fsp3) is 0.462. The van der Waals surface area contributed by atoms with Crippen LogP contribution >= 0.6 is 0 Å². The fourth-order valence-corrected chi connectivity index (χ4v) is 1.37. The maximum atomic E-state index is 11.4. The highest BCUT2D eigenvalue weighted by molar-refractivity contribution is 5.69. The summed E-state index contributed by atoms with van der Waals surface area (Å²) >= 11 is 0. The smallest absolute Gasteiger partial charge is 0.306 e. The third-order valence-corrected chi connectivity index (χ3v) is 2.15. The predicted molar refractivity (Wildman–Crippen MR) is 60.4 cm³/mol. The Balaban J connectivity index is 2.49. The molecule has 1 unspecified atom stereocenters. The first-order valence-corrected chi connectivity index (χ1v) is 5.34. The van der Waals surface area contributed by atoms with Gasteiger partial charge in [-0.25, -0.2) is 0 Å². The Morgan fingerprint density at radius 2 is 1.80 bits per heavy atom. The maximum Gasteiger partial charge on any atom is 0.306 e. The van der Waals surface area contributed by atoms with Crippen molar-refractivity contribution in [3.05, 3.63) is 35.9 Å². The predicted octanol–water partition coefficient (Wildman–Crippen LogP) is 3.34. The topological polar surface area (TPSA) is 26.3 Å². The number of carbonyl (C=O) groups excluding carboxylic acids is 1. The number of benzene rings is 1. The van der Waals surface area contributed by atoms with Gasteiger partial charge >= 0.3 is 5.97 Å². The number of ether oxygens (including phenoxy) is 1. The van der Waals surface area contributed by atoms with Gasteiger partial charge in [0.15, 0.2) is 0 Å². The van der Waals surface area contributed by atoms with Crippen LogP contribution in [0, 0.1) is 5.92 Å². The monoisotopic (exact) mass is 206 g/mol. The van der Waals surface area contributed by atoms with Crippen LogP contribution in [0.15, 0.2) is 30.3 Å². The average molecular weight is 206 g/mol. The summed E-state index contributed by atoms with van der Waals surface area (Å²) in [6.45, 7) is 5.91. The van der Waals surface area contributed by atoms with E-state index >= 15 is 0 Å². The van der Waals surface area contributed by atoms with Gasteiger partial charge in [0.2, 0.25) is 0 Å². The van der Waals surface area contributed by atoms with Crippen LogP contribution < -0.4 is 0 Å². The molecule has 2 nitrogen and oxygen atoms in total. The largest absolute Gasteiger partial charge is 0.458 e. The molecule has 0 aliphatic carbocycles. The minimum Gasteiger partial charge on any atom is -0.458 e. The van der Waals surface area contributed by atoms with Gasteiger partial charge in [-0.2, -0.15) is 0 Å². The molecule has 0 saturated carbocycles. The summed E-state index contributed by atoms with van der Waals surface area (Å²) in [5, 5.41) is 0. The normalized spacial score (nSPS) is 12.5. The second-order valence-corrected chi connectivity index (χ2v) is 4.14. The Morgan fingerprint density at radius 3 is 2.33 bits per heavy atom. The van der Waals surface area contributed by atoms with Gasteiger partial charge in [-0.15, -0.1) is 0 Å². The van der Waals surface area contributed by atoms with Gasteiger partial charge in [0, 0.05) is 6.42 Å². The van der Waals surface area contributed by atoms with Crippen molar-refractivity contribution < 1.29 is 9.53 Å². The molecule has 82 valence electrons. The number of esters is 1. The third-order valence-electron chi connectivity index (χ3n) is 2.15.